The van der Waals surface area contributed by atoms with E-state index in [0.29, 0.717) is 42.8 Å². The summed E-state index contributed by atoms with van der Waals surface area (Å²) in [5.41, 5.74) is 1.35. The number of halogens is 1. The van der Waals surface area contributed by atoms with E-state index < -0.39 is 20.0 Å². The van der Waals surface area contributed by atoms with Crippen molar-refractivity contribution in [1.82, 2.24) is 13.6 Å². The zero-order valence-corrected chi connectivity index (χ0v) is 24.3. The van der Waals surface area contributed by atoms with Crippen LogP contribution in [0.4, 0.5) is 0 Å². The van der Waals surface area contributed by atoms with E-state index in [0.717, 1.165) is 37.0 Å². The van der Waals surface area contributed by atoms with Crippen molar-refractivity contribution < 1.29 is 21.6 Å². The Morgan fingerprint density at radius 1 is 1.00 bits per heavy atom. The van der Waals surface area contributed by atoms with Crippen molar-refractivity contribution in [2.75, 3.05) is 12.3 Å². The minimum atomic E-state index is -3.69. The molecule has 5 rings (SSSR count). The summed E-state index contributed by atoms with van der Waals surface area (Å²) in [6, 6.07) is 6.72. The highest BCUT2D eigenvalue weighted by atomic mass is 35.5. The van der Waals surface area contributed by atoms with E-state index in [2.05, 4.69) is 4.98 Å². The molecule has 4 heterocycles. The van der Waals surface area contributed by atoms with Crippen molar-refractivity contribution in [2.45, 2.75) is 94.3 Å². The van der Waals surface area contributed by atoms with E-state index in [1.54, 1.807) is 47.0 Å². The highest BCUT2D eigenvalue weighted by molar-refractivity contribution is 7.89. The van der Waals surface area contributed by atoms with Gasteiger partial charge >= 0.3 is 0 Å². The second kappa shape index (κ2) is 11.0. The van der Waals surface area contributed by atoms with Crippen molar-refractivity contribution in [3.63, 3.8) is 0 Å². The molecule has 8 nitrogen and oxygen atoms in total. The minimum absolute atomic E-state index is 0.00133. The number of aromatic nitrogens is 1. The van der Waals surface area contributed by atoms with Crippen LogP contribution in [0.3, 0.4) is 0 Å². The number of fused-ring (bicyclic) bond motifs is 2. The van der Waals surface area contributed by atoms with Gasteiger partial charge in [0.1, 0.15) is 11.9 Å². The highest BCUT2D eigenvalue weighted by Gasteiger charge is 2.47. The lowest BCUT2D eigenvalue weighted by atomic mass is 10.0. The van der Waals surface area contributed by atoms with Gasteiger partial charge in [0.05, 0.1) is 10.6 Å². The number of ether oxygens (including phenoxy) is 1. The van der Waals surface area contributed by atoms with Gasteiger partial charge in [-0.1, -0.05) is 11.6 Å². The average molecular weight is 582 g/mol. The molecule has 208 valence electrons. The summed E-state index contributed by atoms with van der Waals surface area (Å²) in [4.78, 5) is 4.30. The molecule has 1 aromatic heterocycles. The van der Waals surface area contributed by atoms with Crippen LogP contribution in [-0.4, -0.2) is 67.0 Å². The van der Waals surface area contributed by atoms with Gasteiger partial charge in [-0.25, -0.2) is 16.8 Å². The molecular weight excluding hydrogens is 546 g/mol. The zero-order chi connectivity index (χ0) is 27.1. The number of nitrogens with zero attached hydrogens (tertiary/aromatic N) is 3. The lowest BCUT2D eigenvalue weighted by Crippen LogP contribution is -2.50. The van der Waals surface area contributed by atoms with E-state index >= 15 is 0 Å². The fourth-order valence-electron chi connectivity index (χ4n) is 6.42. The maximum absolute atomic E-state index is 13.5. The molecule has 38 heavy (non-hydrogen) atoms. The molecule has 11 heteroatoms. The summed E-state index contributed by atoms with van der Waals surface area (Å²) in [5.74, 6) is 0.806. The predicted octanol–water partition coefficient (Wildman–Crippen LogP) is 4.69. The van der Waals surface area contributed by atoms with Crippen LogP contribution in [0.2, 0.25) is 5.02 Å². The summed E-state index contributed by atoms with van der Waals surface area (Å²) in [7, 11) is -7.13. The van der Waals surface area contributed by atoms with E-state index in [1.165, 1.54) is 0 Å². The molecule has 2 aromatic rings. The molecule has 3 aliphatic rings. The quantitative estimate of drug-likeness (QED) is 0.426. The maximum Gasteiger partial charge on any atom is 0.243 e. The number of pyridine rings is 1. The zero-order valence-electron chi connectivity index (χ0n) is 21.9. The Morgan fingerprint density at radius 2 is 1.68 bits per heavy atom. The van der Waals surface area contributed by atoms with Crippen LogP contribution in [0, 0.1) is 13.8 Å². The fraction of sp³-hybridized carbons (Fsp3) is 0.593. The van der Waals surface area contributed by atoms with Gasteiger partial charge in [-0.15, -0.1) is 0 Å². The Bertz CT molecular complexity index is 1360. The van der Waals surface area contributed by atoms with Crippen LogP contribution < -0.4 is 4.74 Å². The van der Waals surface area contributed by atoms with E-state index in [1.807, 2.05) is 12.1 Å². The molecule has 4 atom stereocenters. The molecule has 0 N–H and O–H groups in total. The number of sulfonamides is 2. The van der Waals surface area contributed by atoms with Crippen molar-refractivity contribution in [3.05, 3.63) is 52.8 Å². The van der Waals surface area contributed by atoms with Crippen LogP contribution in [0.15, 0.2) is 41.6 Å². The SMILES string of the molecule is Cc1cc(S(=O)(=O)N2CCC[C@H]2CCCS(=O)(=O)N2[C@@H]3CC[C@H]2C[C@H](Oc2ccncc2)C3)c(C)cc1Cl. The van der Waals surface area contributed by atoms with Crippen LogP contribution in [-0.2, 0) is 20.0 Å². The minimum Gasteiger partial charge on any atom is -0.490 e. The molecule has 0 amide bonds. The number of hydrogen-bond acceptors (Lipinski definition) is 6. The Labute approximate surface area is 231 Å². The molecule has 0 aliphatic carbocycles. The summed E-state index contributed by atoms with van der Waals surface area (Å²) in [5, 5.41) is 0.548. The Balaban J connectivity index is 1.20. The second-order valence-corrected chi connectivity index (χ2v) is 15.1. The Kier molecular flexibility index (Phi) is 8.09. The van der Waals surface area contributed by atoms with Crippen molar-refractivity contribution >= 4 is 31.6 Å². The monoisotopic (exact) mass is 581 g/mol. The summed E-state index contributed by atoms with van der Waals surface area (Å²) in [6.45, 7) is 4.01. The molecule has 3 aliphatic heterocycles. The highest BCUT2D eigenvalue weighted by Crippen LogP contribution is 2.40. The smallest absolute Gasteiger partial charge is 0.243 e. The fourth-order valence-corrected chi connectivity index (χ4v) is 10.7. The van der Waals surface area contributed by atoms with Gasteiger partial charge in [0.15, 0.2) is 0 Å². The maximum atomic E-state index is 13.5. The number of piperidine rings is 1. The topological polar surface area (TPSA) is 96.9 Å². The van der Waals surface area contributed by atoms with Crippen LogP contribution >= 0.6 is 11.6 Å². The lowest BCUT2D eigenvalue weighted by molar-refractivity contribution is 0.0956. The lowest BCUT2D eigenvalue weighted by Gasteiger charge is -2.38. The number of aryl methyl sites for hydroxylation is 2. The summed E-state index contributed by atoms with van der Waals surface area (Å²) in [6.07, 6.45) is 8.95. The third-order valence-corrected chi connectivity index (χ3v) is 12.7. The van der Waals surface area contributed by atoms with Gasteiger partial charge in [-0.05, 0) is 87.8 Å². The third kappa shape index (κ3) is 5.61. The first-order valence-electron chi connectivity index (χ1n) is 13.4. The molecule has 0 unspecified atom stereocenters. The molecular formula is C27H36ClN3O5S2. The first kappa shape index (κ1) is 27.8. The van der Waals surface area contributed by atoms with E-state index in [4.69, 9.17) is 16.3 Å². The van der Waals surface area contributed by atoms with Gasteiger partial charge in [0.25, 0.3) is 0 Å². The largest absolute Gasteiger partial charge is 0.490 e. The van der Waals surface area contributed by atoms with E-state index in [9.17, 15) is 16.8 Å². The summed E-state index contributed by atoms with van der Waals surface area (Å²) < 4.78 is 63.4. The van der Waals surface area contributed by atoms with E-state index in [-0.39, 0.29) is 34.9 Å². The van der Waals surface area contributed by atoms with Crippen LogP contribution in [0.1, 0.15) is 62.5 Å². The van der Waals surface area contributed by atoms with Crippen molar-refractivity contribution in [1.29, 1.82) is 0 Å². The van der Waals surface area contributed by atoms with Crippen LogP contribution in [0.25, 0.3) is 0 Å². The second-order valence-electron chi connectivity index (χ2n) is 10.8. The molecule has 0 saturated carbocycles. The van der Waals surface area contributed by atoms with Crippen molar-refractivity contribution in [3.8, 4) is 5.75 Å². The van der Waals surface area contributed by atoms with Gasteiger partial charge in [-0.2, -0.15) is 8.61 Å². The standard InChI is InChI=1S/C27H36ClN3O5S2/c1-19-16-27(20(2)15-26(19)28)38(34,35)30-13-3-5-21(30)6-4-14-37(32,33)31-22-7-8-23(31)18-25(17-22)36-24-9-11-29-12-10-24/h9-12,15-16,21-23,25H,3-8,13-14,17-18H2,1-2H3/t21-,22-,23+,25-/m0/s1. The Hall–Kier alpha value is -1.72. The summed E-state index contributed by atoms with van der Waals surface area (Å²) >= 11 is 6.19. The van der Waals surface area contributed by atoms with Gasteiger partial charge in [0.2, 0.25) is 20.0 Å². The number of benzene rings is 1. The first-order valence-corrected chi connectivity index (χ1v) is 16.9. The molecule has 0 spiro atoms. The normalized spacial score (nSPS) is 26.6. The number of rotatable bonds is 9. The molecule has 3 fully saturated rings. The first-order chi connectivity index (χ1) is 18.1. The molecule has 1 aromatic carbocycles. The van der Waals surface area contributed by atoms with Gasteiger partial charge in [0, 0.05) is 54.9 Å². The molecule has 0 radical (unpaired) electrons. The number of hydrogen-bond donors (Lipinski definition) is 0. The molecule has 3 saturated heterocycles. The third-order valence-electron chi connectivity index (χ3n) is 8.20. The van der Waals surface area contributed by atoms with Crippen LogP contribution in [0.5, 0.6) is 5.75 Å². The van der Waals surface area contributed by atoms with Crippen molar-refractivity contribution in [2.24, 2.45) is 0 Å². The van der Waals surface area contributed by atoms with Gasteiger partial charge in [-0.3, -0.25) is 4.98 Å². The van der Waals surface area contributed by atoms with Gasteiger partial charge < -0.3 is 4.74 Å². The molecule has 2 bridgehead atoms. The predicted molar refractivity (Wildman–Crippen MR) is 147 cm³/mol. The average Bonchev–Trinajstić information content (AvgIpc) is 3.45. The Morgan fingerprint density at radius 3 is 2.37 bits per heavy atom.